The van der Waals surface area contributed by atoms with Crippen LogP contribution in [0.1, 0.15) is 27.0 Å². The Hall–Kier alpha value is -3.38. The molecule has 1 amide bonds. The molecule has 5 nitrogen and oxygen atoms in total. The molecule has 0 saturated carbocycles. The maximum absolute atomic E-state index is 13.6. The summed E-state index contributed by atoms with van der Waals surface area (Å²) >= 11 is 1.53. The van der Waals surface area contributed by atoms with Crippen LogP contribution in [0, 0.1) is 13.8 Å². The number of fused-ring (bicyclic) bond motifs is 1. The number of methoxy groups -OCH3 is 2. The highest BCUT2D eigenvalue weighted by Gasteiger charge is 2.23. The number of ether oxygens (including phenoxy) is 2. The lowest BCUT2D eigenvalue weighted by molar-refractivity contribution is 0.0984. The van der Waals surface area contributed by atoms with Crippen LogP contribution in [0.25, 0.3) is 10.2 Å². The van der Waals surface area contributed by atoms with Gasteiger partial charge in [-0.2, -0.15) is 0 Å². The van der Waals surface area contributed by atoms with E-state index in [0.29, 0.717) is 28.7 Å². The molecule has 0 aliphatic heterocycles. The lowest BCUT2D eigenvalue weighted by atomic mass is 10.1. The van der Waals surface area contributed by atoms with Gasteiger partial charge < -0.3 is 9.47 Å². The van der Waals surface area contributed by atoms with Gasteiger partial charge in [0.05, 0.1) is 31.0 Å². The number of rotatable bonds is 6. The van der Waals surface area contributed by atoms with Crippen molar-refractivity contribution in [2.75, 3.05) is 19.1 Å². The zero-order valence-electron chi connectivity index (χ0n) is 18.0. The van der Waals surface area contributed by atoms with Crippen LogP contribution in [0.5, 0.6) is 11.5 Å². The molecule has 4 aromatic rings. The fraction of sp³-hybridized carbons (Fsp3) is 0.200. The van der Waals surface area contributed by atoms with Gasteiger partial charge in [-0.3, -0.25) is 9.69 Å². The van der Waals surface area contributed by atoms with Gasteiger partial charge in [0.15, 0.2) is 16.6 Å². The molecule has 158 valence electrons. The molecule has 1 aromatic heterocycles. The van der Waals surface area contributed by atoms with Gasteiger partial charge in [-0.05, 0) is 60.9 Å². The minimum atomic E-state index is -0.141. The van der Waals surface area contributed by atoms with Gasteiger partial charge >= 0.3 is 0 Å². The molecule has 0 aliphatic rings. The Morgan fingerprint density at radius 1 is 0.935 bits per heavy atom. The number of carbonyl (C=O) groups excluding carboxylic acids is 1. The predicted octanol–water partition coefficient (Wildman–Crippen LogP) is 5.78. The average molecular weight is 433 g/mol. The lowest BCUT2D eigenvalue weighted by Crippen LogP contribution is -2.30. The van der Waals surface area contributed by atoms with E-state index in [2.05, 4.69) is 26.0 Å². The van der Waals surface area contributed by atoms with Crippen LogP contribution < -0.4 is 14.4 Å². The van der Waals surface area contributed by atoms with Gasteiger partial charge in [0.2, 0.25) is 0 Å². The van der Waals surface area contributed by atoms with E-state index in [9.17, 15) is 4.79 Å². The van der Waals surface area contributed by atoms with Crippen molar-refractivity contribution in [2.45, 2.75) is 20.4 Å². The molecule has 0 radical (unpaired) electrons. The van der Waals surface area contributed by atoms with Crippen LogP contribution in [-0.4, -0.2) is 25.1 Å². The summed E-state index contributed by atoms with van der Waals surface area (Å²) in [5.74, 6) is 0.959. The number of hydrogen-bond acceptors (Lipinski definition) is 5. The van der Waals surface area contributed by atoms with Crippen molar-refractivity contribution in [3.05, 3.63) is 82.9 Å². The van der Waals surface area contributed by atoms with E-state index in [4.69, 9.17) is 14.5 Å². The Balaban J connectivity index is 1.78. The molecule has 0 atom stereocenters. The van der Waals surface area contributed by atoms with E-state index >= 15 is 0 Å². The molecule has 31 heavy (non-hydrogen) atoms. The Labute approximate surface area is 185 Å². The van der Waals surface area contributed by atoms with Gasteiger partial charge in [0.1, 0.15) is 0 Å². The van der Waals surface area contributed by atoms with Crippen molar-refractivity contribution < 1.29 is 14.3 Å². The molecule has 0 aliphatic carbocycles. The normalized spacial score (nSPS) is 10.8. The summed E-state index contributed by atoms with van der Waals surface area (Å²) in [5.41, 5.74) is 4.85. The van der Waals surface area contributed by atoms with Gasteiger partial charge in [-0.25, -0.2) is 4.98 Å². The average Bonchev–Trinajstić information content (AvgIpc) is 3.19. The third-order valence-corrected chi connectivity index (χ3v) is 6.32. The van der Waals surface area contributed by atoms with E-state index < -0.39 is 0 Å². The Bertz CT molecular complexity index is 1200. The maximum Gasteiger partial charge on any atom is 0.260 e. The van der Waals surface area contributed by atoms with E-state index in [0.717, 1.165) is 15.8 Å². The van der Waals surface area contributed by atoms with Crippen LogP contribution in [0.2, 0.25) is 0 Å². The van der Waals surface area contributed by atoms with Crippen LogP contribution >= 0.6 is 11.3 Å². The molecule has 0 saturated heterocycles. The number of aryl methyl sites for hydroxylation is 2. The zero-order valence-corrected chi connectivity index (χ0v) is 18.8. The van der Waals surface area contributed by atoms with Crippen molar-refractivity contribution in [3.8, 4) is 11.5 Å². The second kappa shape index (κ2) is 8.78. The summed E-state index contributed by atoms with van der Waals surface area (Å²) in [6.07, 6.45) is 0. The van der Waals surface area contributed by atoms with E-state index in [1.165, 1.54) is 22.5 Å². The van der Waals surface area contributed by atoms with E-state index in [-0.39, 0.29) is 5.91 Å². The lowest BCUT2D eigenvalue weighted by Gasteiger charge is -2.21. The molecule has 6 heteroatoms. The number of anilines is 1. The largest absolute Gasteiger partial charge is 0.493 e. The Morgan fingerprint density at radius 2 is 1.65 bits per heavy atom. The van der Waals surface area contributed by atoms with Crippen LogP contribution in [0.15, 0.2) is 60.7 Å². The zero-order chi connectivity index (χ0) is 22.0. The van der Waals surface area contributed by atoms with Gasteiger partial charge in [-0.1, -0.05) is 41.7 Å². The van der Waals surface area contributed by atoms with E-state index in [1.54, 1.807) is 37.3 Å². The third kappa shape index (κ3) is 4.25. The molecule has 3 aromatic carbocycles. The minimum absolute atomic E-state index is 0.141. The van der Waals surface area contributed by atoms with Crippen LogP contribution in [-0.2, 0) is 6.54 Å². The van der Waals surface area contributed by atoms with Crippen molar-refractivity contribution >= 4 is 32.6 Å². The highest BCUT2D eigenvalue weighted by atomic mass is 32.1. The van der Waals surface area contributed by atoms with Gasteiger partial charge in [-0.15, -0.1) is 0 Å². The number of nitrogens with zero attached hydrogens (tertiary/aromatic N) is 2. The van der Waals surface area contributed by atoms with Gasteiger partial charge in [0.25, 0.3) is 5.91 Å². The molecule has 1 heterocycles. The first-order valence-electron chi connectivity index (χ1n) is 9.95. The number of aromatic nitrogens is 1. The fourth-order valence-electron chi connectivity index (χ4n) is 3.40. The third-order valence-electron chi connectivity index (χ3n) is 5.28. The molecule has 4 rings (SSSR count). The first kappa shape index (κ1) is 20.9. The smallest absolute Gasteiger partial charge is 0.260 e. The van der Waals surface area contributed by atoms with Crippen LogP contribution in [0.3, 0.4) is 0 Å². The Morgan fingerprint density at radius 3 is 2.35 bits per heavy atom. The summed E-state index contributed by atoms with van der Waals surface area (Å²) in [5, 5.41) is 0.670. The maximum atomic E-state index is 13.6. The van der Waals surface area contributed by atoms with Crippen molar-refractivity contribution in [2.24, 2.45) is 0 Å². The number of thiazole rings is 1. The summed E-state index contributed by atoms with van der Waals surface area (Å²) in [7, 11) is 3.14. The standard InChI is InChI=1S/C25H24N2O3S/c1-16-12-20-23(13-17(16)2)31-25(26-20)27(15-18-8-6-5-7-9-18)24(28)19-10-11-21(29-3)22(14-19)30-4/h5-14H,15H2,1-4H3. The van der Waals surface area contributed by atoms with Crippen LogP contribution in [0.4, 0.5) is 5.13 Å². The molecule has 0 N–H and O–H groups in total. The van der Waals surface area contributed by atoms with Crippen molar-refractivity contribution in [1.82, 2.24) is 4.98 Å². The highest BCUT2D eigenvalue weighted by Crippen LogP contribution is 2.34. The fourth-order valence-corrected chi connectivity index (χ4v) is 4.44. The number of amides is 1. The minimum Gasteiger partial charge on any atom is -0.493 e. The van der Waals surface area contributed by atoms with E-state index in [1.807, 2.05) is 30.3 Å². The SMILES string of the molecule is COc1ccc(C(=O)N(Cc2ccccc2)c2nc3cc(C)c(C)cc3s2)cc1OC. The molecule has 0 bridgehead atoms. The topological polar surface area (TPSA) is 51.7 Å². The van der Waals surface area contributed by atoms with Crippen molar-refractivity contribution in [1.29, 1.82) is 0 Å². The van der Waals surface area contributed by atoms with Gasteiger partial charge in [0, 0.05) is 5.56 Å². The summed E-state index contributed by atoms with van der Waals surface area (Å²) in [6.45, 7) is 4.58. The second-order valence-corrected chi connectivity index (χ2v) is 8.36. The highest BCUT2D eigenvalue weighted by molar-refractivity contribution is 7.22. The number of carbonyl (C=O) groups is 1. The Kier molecular flexibility index (Phi) is 5.91. The monoisotopic (exact) mass is 432 g/mol. The molecular weight excluding hydrogens is 408 g/mol. The second-order valence-electron chi connectivity index (χ2n) is 7.35. The molecular formula is C25H24N2O3S. The summed E-state index contributed by atoms with van der Waals surface area (Å²) < 4.78 is 11.8. The quantitative estimate of drug-likeness (QED) is 0.388. The molecule has 0 fully saturated rings. The molecule has 0 unspecified atom stereocenters. The first-order chi connectivity index (χ1) is 15.0. The summed E-state index contributed by atoms with van der Waals surface area (Å²) in [4.78, 5) is 20.2. The molecule has 0 spiro atoms. The van der Waals surface area contributed by atoms with Crippen molar-refractivity contribution in [3.63, 3.8) is 0 Å². The number of hydrogen-bond donors (Lipinski definition) is 0. The first-order valence-corrected chi connectivity index (χ1v) is 10.8. The predicted molar refractivity (Wildman–Crippen MR) is 126 cm³/mol. The summed E-state index contributed by atoms with van der Waals surface area (Å²) in [6, 6.07) is 19.3. The number of benzene rings is 3.